The van der Waals surface area contributed by atoms with Crippen LogP contribution in [0.15, 0.2) is 18.2 Å². The van der Waals surface area contributed by atoms with E-state index in [1.54, 1.807) is 13.0 Å². The molecule has 1 unspecified atom stereocenters. The summed E-state index contributed by atoms with van der Waals surface area (Å²) in [6, 6.07) is 4.98. The van der Waals surface area contributed by atoms with Crippen LogP contribution in [0.3, 0.4) is 0 Å². The van der Waals surface area contributed by atoms with E-state index in [4.69, 9.17) is 0 Å². The van der Waals surface area contributed by atoms with Crippen molar-refractivity contribution < 1.29 is 9.50 Å². The van der Waals surface area contributed by atoms with Gasteiger partial charge in [-0.05, 0) is 36.5 Å². The maximum absolute atomic E-state index is 13.2. The van der Waals surface area contributed by atoms with Crippen molar-refractivity contribution in [2.45, 2.75) is 32.3 Å². The number of aliphatic hydroxyl groups is 1. The Hall–Kier alpha value is -0.890. The minimum absolute atomic E-state index is 0.225. The Labute approximate surface area is 83.6 Å². The van der Waals surface area contributed by atoms with E-state index in [0.29, 0.717) is 17.0 Å². The summed E-state index contributed by atoms with van der Waals surface area (Å²) in [4.78, 5) is 0. The van der Waals surface area contributed by atoms with Crippen molar-refractivity contribution in [1.82, 2.24) is 0 Å². The molecule has 1 fully saturated rings. The molecule has 0 heterocycles. The van der Waals surface area contributed by atoms with Gasteiger partial charge in [0.2, 0.25) is 0 Å². The van der Waals surface area contributed by atoms with Crippen LogP contribution in [-0.4, -0.2) is 5.11 Å². The molecule has 1 aliphatic carbocycles. The summed E-state index contributed by atoms with van der Waals surface area (Å²) in [6.07, 6.45) is 2.72. The van der Waals surface area contributed by atoms with Gasteiger partial charge in [0.15, 0.2) is 0 Å². The molecule has 0 saturated heterocycles. The van der Waals surface area contributed by atoms with Crippen molar-refractivity contribution in [1.29, 1.82) is 0 Å². The van der Waals surface area contributed by atoms with Crippen molar-refractivity contribution in [3.05, 3.63) is 35.1 Å². The normalized spacial score (nSPS) is 18.2. The topological polar surface area (TPSA) is 20.2 Å². The molecule has 0 amide bonds. The molecule has 14 heavy (non-hydrogen) atoms. The molecule has 1 atom stereocenters. The average Bonchev–Trinajstić information content (AvgIpc) is 2.93. The third kappa shape index (κ3) is 2.13. The molecule has 1 aliphatic rings. The van der Waals surface area contributed by atoms with Gasteiger partial charge >= 0.3 is 0 Å². The standard InChI is InChI=1S/C12H15FO/c1-8-2-5-10(7-11(8)13)12(14)6-9-3-4-9/h2,5,7,9,12,14H,3-4,6H2,1H3. The minimum atomic E-state index is -0.488. The van der Waals surface area contributed by atoms with Gasteiger partial charge < -0.3 is 5.11 Å². The van der Waals surface area contributed by atoms with Crippen molar-refractivity contribution >= 4 is 0 Å². The second-order valence-electron chi connectivity index (χ2n) is 4.20. The molecular formula is C12H15FO. The molecule has 0 aromatic heterocycles. The highest BCUT2D eigenvalue weighted by Crippen LogP contribution is 2.37. The minimum Gasteiger partial charge on any atom is -0.388 e. The van der Waals surface area contributed by atoms with Crippen LogP contribution in [0.25, 0.3) is 0 Å². The van der Waals surface area contributed by atoms with Crippen LogP contribution in [0.4, 0.5) is 4.39 Å². The Morgan fingerprint density at radius 3 is 2.79 bits per heavy atom. The van der Waals surface area contributed by atoms with Gasteiger partial charge in [0, 0.05) is 0 Å². The summed E-state index contributed by atoms with van der Waals surface area (Å²) in [7, 11) is 0. The summed E-state index contributed by atoms with van der Waals surface area (Å²) in [5.41, 5.74) is 1.34. The highest BCUT2D eigenvalue weighted by atomic mass is 19.1. The number of aryl methyl sites for hydroxylation is 1. The third-order valence-corrected chi connectivity index (χ3v) is 2.83. The first-order chi connectivity index (χ1) is 6.66. The molecule has 0 radical (unpaired) electrons. The largest absolute Gasteiger partial charge is 0.388 e. The maximum atomic E-state index is 13.2. The van der Waals surface area contributed by atoms with E-state index in [-0.39, 0.29) is 5.82 Å². The first-order valence-electron chi connectivity index (χ1n) is 5.11. The fourth-order valence-electron chi connectivity index (χ4n) is 1.62. The molecule has 2 rings (SSSR count). The number of hydrogen-bond donors (Lipinski definition) is 1. The molecule has 1 aromatic carbocycles. The SMILES string of the molecule is Cc1ccc(C(O)CC2CC2)cc1F. The van der Waals surface area contributed by atoms with Crippen molar-refractivity contribution in [2.75, 3.05) is 0 Å². The van der Waals surface area contributed by atoms with Gasteiger partial charge in [-0.25, -0.2) is 4.39 Å². The van der Waals surface area contributed by atoms with E-state index in [2.05, 4.69) is 0 Å². The van der Waals surface area contributed by atoms with Crippen LogP contribution in [0.2, 0.25) is 0 Å². The van der Waals surface area contributed by atoms with Crippen LogP contribution >= 0.6 is 0 Å². The molecule has 1 saturated carbocycles. The van der Waals surface area contributed by atoms with E-state index >= 15 is 0 Å². The van der Waals surface area contributed by atoms with E-state index in [1.807, 2.05) is 6.07 Å². The first-order valence-corrected chi connectivity index (χ1v) is 5.11. The fraction of sp³-hybridized carbons (Fsp3) is 0.500. The molecule has 2 heteroatoms. The van der Waals surface area contributed by atoms with Gasteiger partial charge in [-0.2, -0.15) is 0 Å². The smallest absolute Gasteiger partial charge is 0.126 e. The second kappa shape index (κ2) is 3.70. The Morgan fingerprint density at radius 2 is 2.21 bits per heavy atom. The number of halogens is 1. The number of benzene rings is 1. The summed E-state index contributed by atoms with van der Waals surface area (Å²) in [5, 5.41) is 9.78. The lowest BCUT2D eigenvalue weighted by Crippen LogP contribution is -1.99. The van der Waals surface area contributed by atoms with Gasteiger partial charge in [-0.1, -0.05) is 25.0 Å². The lowest BCUT2D eigenvalue weighted by atomic mass is 10.0. The molecular weight excluding hydrogens is 179 g/mol. The predicted octanol–water partition coefficient (Wildman–Crippen LogP) is 2.97. The maximum Gasteiger partial charge on any atom is 0.126 e. The zero-order chi connectivity index (χ0) is 10.1. The van der Waals surface area contributed by atoms with E-state index < -0.39 is 6.10 Å². The molecule has 0 bridgehead atoms. The van der Waals surface area contributed by atoms with Crippen LogP contribution in [0.1, 0.15) is 36.5 Å². The predicted molar refractivity (Wildman–Crippen MR) is 53.4 cm³/mol. The van der Waals surface area contributed by atoms with Gasteiger partial charge in [-0.15, -0.1) is 0 Å². The summed E-state index contributed by atoms with van der Waals surface area (Å²) >= 11 is 0. The number of aliphatic hydroxyl groups excluding tert-OH is 1. The molecule has 0 aliphatic heterocycles. The van der Waals surface area contributed by atoms with Gasteiger partial charge in [0.1, 0.15) is 5.82 Å². The van der Waals surface area contributed by atoms with Gasteiger partial charge in [-0.3, -0.25) is 0 Å². The van der Waals surface area contributed by atoms with Crippen LogP contribution in [0.5, 0.6) is 0 Å². The molecule has 0 spiro atoms. The van der Waals surface area contributed by atoms with Crippen molar-refractivity contribution in [3.8, 4) is 0 Å². The number of rotatable bonds is 3. The van der Waals surface area contributed by atoms with Crippen molar-refractivity contribution in [3.63, 3.8) is 0 Å². The average molecular weight is 194 g/mol. The molecule has 1 nitrogen and oxygen atoms in total. The van der Waals surface area contributed by atoms with Gasteiger partial charge in [0.25, 0.3) is 0 Å². The molecule has 76 valence electrons. The summed E-state index contributed by atoms with van der Waals surface area (Å²) < 4.78 is 13.2. The van der Waals surface area contributed by atoms with Crippen LogP contribution in [-0.2, 0) is 0 Å². The molecule has 1 aromatic rings. The Bertz CT molecular complexity index is 331. The van der Waals surface area contributed by atoms with E-state index in [0.717, 1.165) is 6.42 Å². The second-order valence-corrected chi connectivity index (χ2v) is 4.20. The van der Waals surface area contributed by atoms with Crippen LogP contribution < -0.4 is 0 Å². The fourth-order valence-corrected chi connectivity index (χ4v) is 1.62. The highest BCUT2D eigenvalue weighted by Gasteiger charge is 2.25. The lowest BCUT2D eigenvalue weighted by Gasteiger charge is -2.10. The lowest BCUT2D eigenvalue weighted by molar-refractivity contribution is 0.160. The summed E-state index contributed by atoms with van der Waals surface area (Å²) in [5.74, 6) is 0.437. The zero-order valence-corrected chi connectivity index (χ0v) is 8.33. The quantitative estimate of drug-likeness (QED) is 0.784. The van der Waals surface area contributed by atoms with Gasteiger partial charge in [0.05, 0.1) is 6.10 Å². The van der Waals surface area contributed by atoms with E-state index in [1.165, 1.54) is 18.9 Å². The first kappa shape index (κ1) is 9.66. The summed E-state index contributed by atoms with van der Waals surface area (Å²) in [6.45, 7) is 1.73. The van der Waals surface area contributed by atoms with E-state index in [9.17, 15) is 9.50 Å². The third-order valence-electron chi connectivity index (χ3n) is 2.83. The molecule has 1 N–H and O–H groups in total. The number of hydrogen-bond acceptors (Lipinski definition) is 1. The monoisotopic (exact) mass is 194 g/mol. The highest BCUT2D eigenvalue weighted by molar-refractivity contribution is 5.25. The van der Waals surface area contributed by atoms with Crippen LogP contribution in [0, 0.1) is 18.7 Å². The van der Waals surface area contributed by atoms with Crippen molar-refractivity contribution in [2.24, 2.45) is 5.92 Å². The zero-order valence-electron chi connectivity index (χ0n) is 8.33. The Kier molecular flexibility index (Phi) is 2.55. The Morgan fingerprint density at radius 1 is 1.50 bits per heavy atom. The Balaban J connectivity index is 2.10.